The van der Waals surface area contributed by atoms with Crippen molar-refractivity contribution in [1.82, 2.24) is 20.1 Å². The predicted octanol–water partition coefficient (Wildman–Crippen LogP) is 1.86. The Kier molecular flexibility index (Phi) is 5.09. The van der Waals surface area contributed by atoms with Gasteiger partial charge in [-0.05, 0) is 32.1 Å². The highest BCUT2D eigenvalue weighted by atomic mass is 35.5. The van der Waals surface area contributed by atoms with E-state index in [0.717, 1.165) is 13.0 Å². The average Bonchev–Trinajstić information content (AvgIpc) is 2.93. The second-order valence-corrected chi connectivity index (χ2v) is 4.64. The second-order valence-electron chi connectivity index (χ2n) is 4.23. The zero-order chi connectivity index (χ0) is 14.4. The van der Waals surface area contributed by atoms with E-state index < -0.39 is 0 Å². The topological polar surface area (TPSA) is 71.8 Å². The number of anilines is 1. The molecule has 20 heavy (non-hydrogen) atoms. The van der Waals surface area contributed by atoms with E-state index >= 15 is 0 Å². The smallest absolute Gasteiger partial charge is 0.224 e. The zero-order valence-electron chi connectivity index (χ0n) is 11.1. The molecule has 0 spiro atoms. The van der Waals surface area contributed by atoms with Crippen molar-refractivity contribution in [3.8, 4) is 5.69 Å². The van der Waals surface area contributed by atoms with Gasteiger partial charge in [-0.3, -0.25) is 4.79 Å². The lowest BCUT2D eigenvalue weighted by molar-refractivity contribution is -0.116. The minimum Gasteiger partial charge on any atom is -0.324 e. The maximum Gasteiger partial charge on any atom is 0.224 e. The number of benzene rings is 1. The van der Waals surface area contributed by atoms with E-state index in [0.29, 0.717) is 22.8 Å². The van der Waals surface area contributed by atoms with Crippen molar-refractivity contribution >= 4 is 23.2 Å². The van der Waals surface area contributed by atoms with Gasteiger partial charge in [-0.1, -0.05) is 17.7 Å². The molecule has 0 bridgehead atoms. The summed E-state index contributed by atoms with van der Waals surface area (Å²) in [6.07, 6.45) is 4.19. The second kappa shape index (κ2) is 7.02. The fraction of sp³-hybridized carbons (Fsp3) is 0.308. The fourth-order valence-corrected chi connectivity index (χ4v) is 2.07. The van der Waals surface area contributed by atoms with Gasteiger partial charge in [0.15, 0.2) is 0 Å². The summed E-state index contributed by atoms with van der Waals surface area (Å²) in [6.45, 7) is 0.804. The van der Waals surface area contributed by atoms with Crippen LogP contribution in [0.4, 0.5) is 5.69 Å². The van der Waals surface area contributed by atoms with Crippen LogP contribution in [0.3, 0.4) is 0 Å². The molecule has 2 rings (SSSR count). The van der Waals surface area contributed by atoms with E-state index in [1.165, 1.54) is 17.3 Å². The Labute approximate surface area is 122 Å². The van der Waals surface area contributed by atoms with Gasteiger partial charge >= 0.3 is 0 Å². The number of aromatic nitrogens is 3. The number of carbonyl (C=O) groups excluding carboxylic acids is 1. The Morgan fingerprint density at radius 2 is 2.30 bits per heavy atom. The van der Waals surface area contributed by atoms with Gasteiger partial charge < -0.3 is 10.6 Å². The minimum atomic E-state index is -0.0520. The van der Waals surface area contributed by atoms with Crippen molar-refractivity contribution < 1.29 is 4.79 Å². The first-order chi connectivity index (χ1) is 9.72. The van der Waals surface area contributed by atoms with E-state index in [4.69, 9.17) is 11.6 Å². The minimum absolute atomic E-state index is 0.0520. The van der Waals surface area contributed by atoms with Crippen LogP contribution in [0.15, 0.2) is 30.9 Å². The summed E-state index contributed by atoms with van der Waals surface area (Å²) in [4.78, 5) is 15.8. The average molecular weight is 294 g/mol. The molecule has 6 nitrogen and oxygen atoms in total. The molecule has 0 radical (unpaired) electrons. The standard InChI is InChI=1S/C13H16ClN5O/c1-15-7-3-6-12(20)18-11-5-2-4-10(14)13(11)19-9-16-8-17-19/h2,4-5,8-9,15H,3,6-7H2,1H3,(H,18,20). The first kappa shape index (κ1) is 14.5. The molecule has 0 saturated carbocycles. The third-order valence-corrected chi connectivity index (χ3v) is 3.04. The number of nitrogens with one attached hydrogen (secondary N) is 2. The Morgan fingerprint density at radius 1 is 1.45 bits per heavy atom. The SMILES string of the molecule is CNCCCC(=O)Nc1cccc(Cl)c1-n1cncn1. The van der Waals surface area contributed by atoms with Gasteiger partial charge in [0.1, 0.15) is 18.3 Å². The highest BCUT2D eigenvalue weighted by Gasteiger charge is 2.12. The number of halogens is 1. The van der Waals surface area contributed by atoms with Crippen LogP contribution in [-0.2, 0) is 4.79 Å². The summed E-state index contributed by atoms with van der Waals surface area (Å²) in [6, 6.07) is 5.32. The molecular formula is C13H16ClN5O. The van der Waals surface area contributed by atoms with Crippen molar-refractivity contribution in [3.63, 3.8) is 0 Å². The Balaban J connectivity index is 2.16. The number of hydrogen-bond acceptors (Lipinski definition) is 4. The number of para-hydroxylation sites is 1. The Morgan fingerprint density at radius 3 is 3.00 bits per heavy atom. The van der Waals surface area contributed by atoms with Gasteiger partial charge in [-0.15, -0.1) is 0 Å². The molecule has 2 N–H and O–H groups in total. The van der Waals surface area contributed by atoms with Gasteiger partial charge in [-0.2, -0.15) is 5.10 Å². The molecule has 106 valence electrons. The van der Waals surface area contributed by atoms with Gasteiger partial charge in [0.05, 0.1) is 10.7 Å². The lowest BCUT2D eigenvalue weighted by Gasteiger charge is -2.12. The largest absolute Gasteiger partial charge is 0.324 e. The van der Waals surface area contributed by atoms with E-state index in [2.05, 4.69) is 20.7 Å². The Bertz CT molecular complexity index is 570. The molecule has 0 aliphatic rings. The molecule has 0 aliphatic carbocycles. The van der Waals surface area contributed by atoms with Crippen molar-refractivity contribution in [1.29, 1.82) is 0 Å². The zero-order valence-corrected chi connectivity index (χ0v) is 11.9. The molecule has 0 aliphatic heterocycles. The van der Waals surface area contributed by atoms with Crippen molar-refractivity contribution in [3.05, 3.63) is 35.9 Å². The van der Waals surface area contributed by atoms with Crippen LogP contribution in [0.1, 0.15) is 12.8 Å². The van der Waals surface area contributed by atoms with Crippen LogP contribution in [0.25, 0.3) is 5.69 Å². The number of hydrogen-bond donors (Lipinski definition) is 2. The number of nitrogens with zero attached hydrogens (tertiary/aromatic N) is 3. The Hall–Kier alpha value is -1.92. The molecule has 1 aromatic heterocycles. The van der Waals surface area contributed by atoms with Crippen LogP contribution < -0.4 is 10.6 Å². The molecule has 7 heteroatoms. The van der Waals surface area contributed by atoms with Gasteiger partial charge in [-0.25, -0.2) is 9.67 Å². The number of amides is 1. The summed E-state index contributed by atoms with van der Waals surface area (Å²) in [7, 11) is 1.86. The summed E-state index contributed by atoms with van der Waals surface area (Å²) in [5, 5.41) is 10.4. The van der Waals surface area contributed by atoms with Gasteiger partial charge in [0.2, 0.25) is 5.91 Å². The summed E-state index contributed by atoms with van der Waals surface area (Å²) in [5.41, 5.74) is 1.24. The lowest BCUT2D eigenvalue weighted by Crippen LogP contribution is -2.16. The molecule has 2 aromatic rings. The molecule has 0 saturated heterocycles. The summed E-state index contributed by atoms with van der Waals surface area (Å²) in [5.74, 6) is -0.0520. The first-order valence-electron chi connectivity index (χ1n) is 6.30. The lowest BCUT2D eigenvalue weighted by atomic mass is 10.2. The van der Waals surface area contributed by atoms with Gasteiger partial charge in [0, 0.05) is 6.42 Å². The maximum absolute atomic E-state index is 11.9. The van der Waals surface area contributed by atoms with E-state index in [9.17, 15) is 4.79 Å². The van der Waals surface area contributed by atoms with Crippen LogP contribution in [0, 0.1) is 0 Å². The maximum atomic E-state index is 11.9. The van der Waals surface area contributed by atoms with E-state index in [-0.39, 0.29) is 5.91 Å². The normalized spacial score (nSPS) is 10.5. The monoisotopic (exact) mass is 293 g/mol. The number of carbonyl (C=O) groups is 1. The molecular weight excluding hydrogens is 278 g/mol. The van der Waals surface area contributed by atoms with Crippen LogP contribution in [0.2, 0.25) is 5.02 Å². The van der Waals surface area contributed by atoms with Crippen molar-refractivity contribution in [2.24, 2.45) is 0 Å². The van der Waals surface area contributed by atoms with Crippen LogP contribution in [0.5, 0.6) is 0 Å². The van der Waals surface area contributed by atoms with Crippen LogP contribution in [-0.4, -0.2) is 34.3 Å². The molecule has 1 amide bonds. The van der Waals surface area contributed by atoms with E-state index in [1.807, 2.05) is 7.05 Å². The third-order valence-electron chi connectivity index (χ3n) is 2.74. The highest BCUT2D eigenvalue weighted by molar-refractivity contribution is 6.33. The quantitative estimate of drug-likeness (QED) is 0.798. The van der Waals surface area contributed by atoms with Crippen LogP contribution >= 0.6 is 11.6 Å². The molecule has 1 aromatic carbocycles. The van der Waals surface area contributed by atoms with Crippen molar-refractivity contribution in [2.75, 3.05) is 18.9 Å². The highest BCUT2D eigenvalue weighted by Crippen LogP contribution is 2.27. The molecule has 0 fully saturated rings. The molecule has 1 heterocycles. The summed E-state index contributed by atoms with van der Waals surface area (Å²) < 4.78 is 1.53. The molecule has 0 unspecified atom stereocenters. The third kappa shape index (κ3) is 3.55. The predicted molar refractivity (Wildman–Crippen MR) is 78.2 cm³/mol. The van der Waals surface area contributed by atoms with E-state index in [1.54, 1.807) is 18.2 Å². The fourth-order valence-electron chi connectivity index (χ4n) is 1.81. The molecule has 0 atom stereocenters. The number of rotatable bonds is 6. The summed E-state index contributed by atoms with van der Waals surface area (Å²) >= 11 is 6.18. The van der Waals surface area contributed by atoms with Crippen molar-refractivity contribution in [2.45, 2.75) is 12.8 Å². The first-order valence-corrected chi connectivity index (χ1v) is 6.68. The van der Waals surface area contributed by atoms with Gasteiger partial charge in [0.25, 0.3) is 0 Å².